The fourth-order valence-electron chi connectivity index (χ4n) is 2.74. The molecule has 2 aromatic carbocycles. The Bertz CT molecular complexity index is 593. The third-order valence-corrected chi connectivity index (χ3v) is 4.07. The van der Waals surface area contributed by atoms with Crippen LogP contribution < -0.4 is 10.1 Å². The number of phenols is 1. The van der Waals surface area contributed by atoms with Crippen LogP contribution in [0.2, 0.25) is 0 Å². The van der Waals surface area contributed by atoms with Crippen LogP contribution in [0.4, 0.5) is 0 Å². The van der Waals surface area contributed by atoms with Gasteiger partial charge in [-0.1, -0.05) is 42.5 Å². The Hall–Kier alpha value is -2.00. The second-order valence-electron chi connectivity index (χ2n) is 5.57. The molecule has 1 unspecified atom stereocenters. The highest BCUT2D eigenvalue weighted by Gasteiger charge is 2.31. The summed E-state index contributed by atoms with van der Waals surface area (Å²) in [4.78, 5) is 0. The Balaban J connectivity index is 1.73. The van der Waals surface area contributed by atoms with Crippen molar-refractivity contribution < 1.29 is 9.84 Å². The summed E-state index contributed by atoms with van der Waals surface area (Å²) in [6, 6.07) is 16.5. The van der Waals surface area contributed by atoms with Gasteiger partial charge in [0.2, 0.25) is 0 Å². The largest absolute Gasteiger partial charge is 0.504 e. The molecule has 110 valence electrons. The van der Waals surface area contributed by atoms with E-state index in [1.807, 2.05) is 18.2 Å². The molecule has 3 heteroatoms. The highest BCUT2D eigenvalue weighted by atomic mass is 16.5. The van der Waals surface area contributed by atoms with Crippen molar-refractivity contribution in [2.75, 3.05) is 7.11 Å². The van der Waals surface area contributed by atoms with Crippen LogP contribution in [0.1, 0.15) is 30.0 Å². The third kappa shape index (κ3) is 3.19. The molecule has 3 rings (SSSR count). The Kier molecular flexibility index (Phi) is 4.11. The summed E-state index contributed by atoms with van der Waals surface area (Å²) in [5.74, 6) is 1.47. The maximum absolute atomic E-state index is 10.2. The maximum Gasteiger partial charge on any atom is 0.162 e. The van der Waals surface area contributed by atoms with E-state index in [0.717, 1.165) is 5.56 Å². The lowest BCUT2D eigenvalue weighted by Crippen LogP contribution is -2.22. The minimum absolute atomic E-state index is 0.232. The molecule has 0 amide bonds. The molecule has 0 aromatic heterocycles. The predicted octanol–water partition coefficient (Wildman–Crippen LogP) is 3.64. The van der Waals surface area contributed by atoms with Crippen LogP contribution in [0.3, 0.4) is 0 Å². The fraction of sp³-hybridized carbons (Fsp3) is 0.333. The van der Waals surface area contributed by atoms with E-state index >= 15 is 0 Å². The molecule has 0 spiro atoms. The first-order chi connectivity index (χ1) is 10.3. The lowest BCUT2D eigenvalue weighted by Gasteiger charge is -2.19. The SMILES string of the molecule is COc1cccc(CNC(c2ccccc2)C2CC2)c1O. The van der Waals surface area contributed by atoms with Gasteiger partial charge in [0, 0.05) is 18.2 Å². The van der Waals surface area contributed by atoms with Gasteiger partial charge in [-0.25, -0.2) is 0 Å². The molecule has 1 atom stereocenters. The maximum atomic E-state index is 10.2. The van der Waals surface area contributed by atoms with E-state index in [9.17, 15) is 5.11 Å². The predicted molar refractivity (Wildman–Crippen MR) is 83.4 cm³/mol. The minimum atomic E-state index is 0.232. The average molecular weight is 283 g/mol. The minimum Gasteiger partial charge on any atom is -0.504 e. The summed E-state index contributed by atoms with van der Waals surface area (Å²) < 4.78 is 5.16. The molecular weight excluding hydrogens is 262 g/mol. The van der Waals surface area contributed by atoms with Crippen LogP contribution in [-0.2, 0) is 6.54 Å². The van der Waals surface area contributed by atoms with E-state index in [1.54, 1.807) is 13.2 Å². The van der Waals surface area contributed by atoms with Gasteiger partial charge in [0.1, 0.15) is 0 Å². The van der Waals surface area contributed by atoms with E-state index < -0.39 is 0 Å². The van der Waals surface area contributed by atoms with Crippen LogP contribution in [0.15, 0.2) is 48.5 Å². The lowest BCUT2D eigenvalue weighted by atomic mass is 10.0. The van der Waals surface area contributed by atoms with Crippen molar-refractivity contribution in [2.24, 2.45) is 5.92 Å². The Morgan fingerprint density at radius 1 is 1.14 bits per heavy atom. The van der Waals surface area contributed by atoms with Gasteiger partial charge in [-0.05, 0) is 30.4 Å². The third-order valence-electron chi connectivity index (χ3n) is 4.07. The van der Waals surface area contributed by atoms with Crippen LogP contribution in [0, 0.1) is 5.92 Å². The Morgan fingerprint density at radius 2 is 1.90 bits per heavy atom. The van der Waals surface area contributed by atoms with Gasteiger partial charge in [0.25, 0.3) is 0 Å². The van der Waals surface area contributed by atoms with Crippen molar-refractivity contribution in [3.63, 3.8) is 0 Å². The number of hydrogen-bond donors (Lipinski definition) is 2. The van der Waals surface area contributed by atoms with Crippen molar-refractivity contribution in [1.82, 2.24) is 5.32 Å². The second-order valence-corrected chi connectivity index (χ2v) is 5.57. The highest BCUT2D eigenvalue weighted by Crippen LogP contribution is 2.41. The molecular formula is C18H21NO2. The van der Waals surface area contributed by atoms with E-state index in [0.29, 0.717) is 24.3 Å². The van der Waals surface area contributed by atoms with Crippen molar-refractivity contribution in [3.05, 3.63) is 59.7 Å². The number of para-hydroxylation sites is 1. The number of nitrogens with one attached hydrogen (secondary N) is 1. The number of ether oxygens (including phenoxy) is 1. The molecule has 1 aliphatic rings. The molecule has 2 aromatic rings. The topological polar surface area (TPSA) is 41.5 Å². The van der Waals surface area contributed by atoms with Crippen LogP contribution >= 0.6 is 0 Å². The number of hydrogen-bond acceptors (Lipinski definition) is 3. The molecule has 2 N–H and O–H groups in total. The van der Waals surface area contributed by atoms with Crippen LogP contribution in [0.5, 0.6) is 11.5 Å². The number of phenolic OH excluding ortho intramolecular Hbond substituents is 1. The molecule has 0 bridgehead atoms. The quantitative estimate of drug-likeness (QED) is 0.850. The van der Waals surface area contributed by atoms with Gasteiger partial charge >= 0.3 is 0 Å². The monoisotopic (exact) mass is 283 g/mol. The van der Waals surface area contributed by atoms with Crippen molar-refractivity contribution in [2.45, 2.75) is 25.4 Å². The molecule has 0 saturated heterocycles. The Labute approximate surface area is 125 Å². The van der Waals surface area contributed by atoms with Crippen molar-refractivity contribution in [1.29, 1.82) is 0 Å². The average Bonchev–Trinajstić information content (AvgIpc) is 3.35. The fourth-order valence-corrected chi connectivity index (χ4v) is 2.74. The zero-order chi connectivity index (χ0) is 14.7. The summed E-state index contributed by atoms with van der Waals surface area (Å²) in [5, 5.41) is 13.8. The standard InChI is InChI=1S/C18H21NO2/c1-21-16-9-5-8-15(18(16)20)12-19-17(14-10-11-14)13-6-3-2-4-7-13/h2-9,14,17,19-20H,10-12H2,1H3. The van der Waals surface area contributed by atoms with Gasteiger partial charge in [-0.2, -0.15) is 0 Å². The summed E-state index contributed by atoms with van der Waals surface area (Å²) in [6.45, 7) is 0.638. The zero-order valence-electron chi connectivity index (χ0n) is 12.3. The smallest absolute Gasteiger partial charge is 0.162 e. The molecule has 21 heavy (non-hydrogen) atoms. The van der Waals surface area contributed by atoms with Crippen molar-refractivity contribution in [3.8, 4) is 11.5 Å². The van der Waals surface area contributed by atoms with Crippen LogP contribution in [-0.4, -0.2) is 12.2 Å². The molecule has 0 heterocycles. The zero-order valence-corrected chi connectivity index (χ0v) is 12.3. The van der Waals surface area contributed by atoms with Gasteiger partial charge in [-0.3, -0.25) is 0 Å². The first-order valence-corrected chi connectivity index (χ1v) is 7.42. The number of benzene rings is 2. The number of aromatic hydroxyl groups is 1. The van der Waals surface area contributed by atoms with Gasteiger partial charge in [-0.15, -0.1) is 0 Å². The van der Waals surface area contributed by atoms with Gasteiger partial charge < -0.3 is 15.2 Å². The van der Waals surface area contributed by atoms with Crippen molar-refractivity contribution >= 4 is 0 Å². The van der Waals surface area contributed by atoms with E-state index in [2.05, 4.69) is 29.6 Å². The Morgan fingerprint density at radius 3 is 2.57 bits per heavy atom. The molecule has 1 fully saturated rings. The highest BCUT2D eigenvalue weighted by molar-refractivity contribution is 5.45. The molecule has 0 radical (unpaired) electrons. The van der Waals surface area contributed by atoms with Gasteiger partial charge in [0.05, 0.1) is 7.11 Å². The summed E-state index contributed by atoms with van der Waals surface area (Å²) >= 11 is 0. The first kappa shape index (κ1) is 14.0. The van der Waals surface area contributed by atoms with Crippen LogP contribution in [0.25, 0.3) is 0 Å². The molecule has 1 aliphatic carbocycles. The summed E-state index contributed by atoms with van der Waals surface area (Å²) in [5.41, 5.74) is 2.19. The van der Waals surface area contributed by atoms with E-state index in [1.165, 1.54) is 18.4 Å². The normalized spacial score (nSPS) is 15.7. The van der Waals surface area contributed by atoms with Gasteiger partial charge in [0.15, 0.2) is 11.5 Å². The number of methoxy groups -OCH3 is 1. The molecule has 1 saturated carbocycles. The second kappa shape index (κ2) is 6.19. The summed E-state index contributed by atoms with van der Waals surface area (Å²) in [6.07, 6.45) is 2.55. The lowest BCUT2D eigenvalue weighted by molar-refractivity contribution is 0.368. The number of rotatable bonds is 6. The van der Waals surface area contributed by atoms with E-state index in [-0.39, 0.29) is 5.75 Å². The molecule has 0 aliphatic heterocycles. The van der Waals surface area contributed by atoms with E-state index in [4.69, 9.17) is 4.74 Å². The summed E-state index contributed by atoms with van der Waals surface area (Å²) in [7, 11) is 1.57. The first-order valence-electron chi connectivity index (χ1n) is 7.42. The molecule has 3 nitrogen and oxygen atoms in total.